The number of hydrogen-bond donors (Lipinski definition) is 2. The molecule has 4 rings (SSSR count). The van der Waals surface area contributed by atoms with Crippen molar-refractivity contribution >= 4 is 43.8 Å². The Morgan fingerprint density at radius 3 is 2.39 bits per heavy atom. The van der Waals surface area contributed by atoms with Crippen LogP contribution in [0.1, 0.15) is 55.5 Å². The molecule has 0 saturated carbocycles. The molecule has 0 bridgehead atoms. The molecule has 31 heavy (non-hydrogen) atoms. The summed E-state index contributed by atoms with van der Waals surface area (Å²) in [4.78, 5) is 20.4. The molecule has 1 aromatic carbocycles. The predicted molar refractivity (Wildman–Crippen MR) is 127 cm³/mol. The number of carbonyl (C=O) groups excluding carboxylic acids is 1. The fraction of sp³-hybridized carbons (Fsp3) is 0.545. The summed E-state index contributed by atoms with van der Waals surface area (Å²) < 4.78 is 27.5. The molecule has 1 aliphatic carbocycles. The number of carbonyl (C=O) groups is 1. The Bertz CT molecular complexity index is 971. The summed E-state index contributed by atoms with van der Waals surface area (Å²) in [6.07, 6.45) is 10.2. The standard InChI is InChI=1S/C22H30N4O3S2/c27-21(24-22-23-19-8-4-1-2-5-9-20(19)30-22)16-31(28,29)25-17-10-12-18(13-11-17)26-14-6-3-7-15-26/h10-13,25H,1-9,14-16H2,(H,23,24,27). The van der Waals surface area contributed by atoms with Crippen LogP contribution in [0.25, 0.3) is 0 Å². The van der Waals surface area contributed by atoms with Gasteiger partial charge in [-0.25, -0.2) is 13.4 Å². The highest BCUT2D eigenvalue weighted by Gasteiger charge is 2.20. The molecule has 2 heterocycles. The molecule has 7 nitrogen and oxygen atoms in total. The average molecular weight is 463 g/mol. The number of benzene rings is 1. The lowest BCUT2D eigenvalue weighted by molar-refractivity contribution is -0.113. The number of hydrogen-bond acceptors (Lipinski definition) is 6. The Morgan fingerprint density at radius 2 is 1.65 bits per heavy atom. The van der Waals surface area contributed by atoms with Crippen molar-refractivity contribution in [3.63, 3.8) is 0 Å². The summed E-state index contributed by atoms with van der Waals surface area (Å²) in [5.41, 5.74) is 2.61. The van der Waals surface area contributed by atoms with Gasteiger partial charge in [-0.1, -0.05) is 12.8 Å². The van der Waals surface area contributed by atoms with Crippen LogP contribution < -0.4 is 14.9 Å². The van der Waals surface area contributed by atoms with Gasteiger partial charge in [0, 0.05) is 29.3 Å². The average Bonchev–Trinajstić information content (AvgIpc) is 3.08. The van der Waals surface area contributed by atoms with E-state index in [1.165, 1.54) is 48.3 Å². The number of nitrogens with one attached hydrogen (secondary N) is 2. The van der Waals surface area contributed by atoms with E-state index >= 15 is 0 Å². The fourth-order valence-corrected chi connectivity index (χ4v) is 6.25. The maximum absolute atomic E-state index is 12.5. The van der Waals surface area contributed by atoms with Gasteiger partial charge in [0.25, 0.3) is 0 Å². The number of rotatable bonds is 6. The molecule has 0 spiro atoms. The van der Waals surface area contributed by atoms with Gasteiger partial charge in [0.1, 0.15) is 5.75 Å². The first-order valence-electron chi connectivity index (χ1n) is 11.1. The first-order valence-corrected chi connectivity index (χ1v) is 13.6. The van der Waals surface area contributed by atoms with Crippen molar-refractivity contribution in [2.45, 2.75) is 57.8 Å². The van der Waals surface area contributed by atoms with Crippen molar-refractivity contribution in [2.24, 2.45) is 0 Å². The number of aromatic nitrogens is 1. The molecule has 168 valence electrons. The highest BCUT2D eigenvalue weighted by Crippen LogP contribution is 2.28. The van der Waals surface area contributed by atoms with E-state index in [4.69, 9.17) is 0 Å². The molecule has 2 aliphatic rings. The number of thiazole rings is 1. The Hall–Kier alpha value is -2.13. The van der Waals surface area contributed by atoms with Crippen molar-refractivity contribution in [1.82, 2.24) is 4.98 Å². The topological polar surface area (TPSA) is 91.4 Å². The Kier molecular flexibility index (Phi) is 7.12. The van der Waals surface area contributed by atoms with E-state index in [2.05, 4.69) is 19.9 Å². The van der Waals surface area contributed by atoms with Crippen LogP contribution in [0.2, 0.25) is 0 Å². The SMILES string of the molecule is O=C(CS(=O)(=O)Nc1ccc(N2CCCCC2)cc1)Nc1nc2c(s1)CCCCCC2. The number of amides is 1. The number of piperidine rings is 1. The second-order valence-electron chi connectivity index (χ2n) is 8.31. The second kappa shape index (κ2) is 9.99. The van der Waals surface area contributed by atoms with Crippen LogP contribution in [0.15, 0.2) is 24.3 Å². The molecule has 1 aliphatic heterocycles. The summed E-state index contributed by atoms with van der Waals surface area (Å²) in [5, 5.41) is 3.17. The fourth-order valence-electron chi connectivity index (χ4n) is 4.19. The van der Waals surface area contributed by atoms with Crippen LogP contribution in [0, 0.1) is 0 Å². The number of sulfonamides is 1. The van der Waals surface area contributed by atoms with Crippen LogP contribution in [0.3, 0.4) is 0 Å². The van der Waals surface area contributed by atoms with E-state index in [1.807, 2.05) is 12.1 Å². The van der Waals surface area contributed by atoms with Crippen LogP contribution >= 0.6 is 11.3 Å². The van der Waals surface area contributed by atoms with E-state index in [0.29, 0.717) is 10.8 Å². The van der Waals surface area contributed by atoms with Crippen molar-refractivity contribution in [2.75, 3.05) is 33.8 Å². The molecule has 2 aromatic rings. The van der Waals surface area contributed by atoms with Crippen molar-refractivity contribution in [3.05, 3.63) is 34.8 Å². The van der Waals surface area contributed by atoms with E-state index in [-0.39, 0.29) is 0 Å². The summed E-state index contributed by atoms with van der Waals surface area (Å²) in [5.74, 6) is -1.20. The van der Waals surface area contributed by atoms with Crippen molar-refractivity contribution in [3.8, 4) is 0 Å². The summed E-state index contributed by atoms with van der Waals surface area (Å²) in [6.45, 7) is 2.07. The van der Waals surface area contributed by atoms with Crippen molar-refractivity contribution < 1.29 is 13.2 Å². The smallest absolute Gasteiger partial charge is 0.243 e. The number of fused-ring (bicyclic) bond motifs is 1. The predicted octanol–water partition coefficient (Wildman–Crippen LogP) is 4.17. The zero-order valence-electron chi connectivity index (χ0n) is 17.7. The summed E-state index contributed by atoms with van der Waals surface area (Å²) in [6, 6.07) is 7.35. The summed E-state index contributed by atoms with van der Waals surface area (Å²) >= 11 is 1.47. The van der Waals surface area contributed by atoms with Gasteiger partial charge in [0.15, 0.2) is 5.13 Å². The monoisotopic (exact) mass is 462 g/mol. The van der Waals surface area contributed by atoms with Gasteiger partial charge in [-0.2, -0.15) is 0 Å². The highest BCUT2D eigenvalue weighted by molar-refractivity contribution is 7.93. The zero-order chi connectivity index (χ0) is 21.7. The number of anilines is 3. The minimum Gasteiger partial charge on any atom is -0.372 e. The van der Waals surface area contributed by atoms with Gasteiger partial charge in [-0.15, -0.1) is 11.3 Å². The zero-order valence-corrected chi connectivity index (χ0v) is 19.4. The number of nitrogens with zero attached hydrogens (tertiary/aromatic N) is 2. The lowest BCUT2D eigenvalue weighted by Crippen LogP contribution is -2.29. The number of aryl methyl sites for hydroxylation is 2. The third-order valence-electron chi connectivity index (χ3n) is 5.78. The molecule has 0 atom stereocenters. The van der Waals surface area contributed by atoms with Gasteiger partial charge in [0.05, 0.1) is 5.69 Å². The first-order chi connectivity index (χ1) is 15.0. The van der Waals surface area contributed by atoms with Gasteiger partial charge in [-0.3, -0.25) is 9.52 Å². The molecule has 9 heteroatoms. The molecule has 0 unspecified atom stereocenters. The molecule has 1 amide bonds. The van der Waals surface area contributed by atoms with Crippen LogP contribution in [0.4, 0.5) is 16.5 Å². The van der Waals surface area contributed by atoms with E-state index in [9.17, 15) is 13.2 Å². The minimum atomic E-state index is -3.80. The Labute approximate surface area is 188 Å². The maximum atomic E-state index is 12.5. The highest BCUT2D eigenvalue weighted by atomic mass is 32.2. The Balaban J connectivity index is 1.33. The van der Waals surface area contributed by atoms with Gasteiger partial charge < -0.3 is 10.2 Å². The van der Waals surface area contributed by atoms with Gasteiger partial charge in [-0.05, 0) is 69.2 Å². The minimum absolute atomic E-state index is 0.464. The largest absolute Gasteiger partial charge is 0.372 e. The third kappa shape index (κ3) is 6.20. The van der Waals surface area contributed by atoms with Gasteiger partial charge in [0.2, 0.25) is 15.9 Å². The lowest BCUT2D eigenvalue weighted by atomic mass is 10.0. The van der Waals surface area contributed by atoms with Crippen LogP contribution in [0.5, 0.6) is 0 Å². The summed E-state index contributed by atoms with van der Waals surface area (Å²) in [7, 11) is -3.80. The van der Waals surface area contributed by atoms with Crippen molar-refractivity contribution in [1.29, 1.82) is 0 Å². The lowest BCUT2D eigenvalue weighted by Gasteiger charge is -2.28. The normalized spacial score (nSPS) is 17.4. The molecular formula is C22H30N4O3S2. The third-order valence-corrected chi connectivity index (χ3v) is 8.04. The van der Waals surface area contributed by atoms with E-state index in [1.54, 1.807) is 12.1 Å². The first kappa shape index (κ1) is 22.1. The quantitative estimate of drug-likeness (QED) is 0.672. The maximum Gasteiger partial charge on any atom is 0.243 e. The molecular weight excluding hydrogens is 432 g/mol. The van der Waals surface area contributed by atoms with E-state index in [0.717, 1.165) is 50.2 Å². The molecule has 0 radical (unpaired) electrons. The van der Waals surface area contributed by atoms with Crippen LogP contribution in [-0.2, 0) is 27.7 Å². The molecule has 1 fully saturated rings. The van der Waals surface area contributed by atoms with Crippen LogP contribution in [-0.4, -0.2) is 38.2 Å². The molecule has 1 saturated heterocycles. The second-order valence-corrected chi connectivity index (χ2v) is 11.1. The molecule has 2 N–H and O–H groups in total. The van der Waals surface area contributed by atoms with E-state index < -0.39 is 21.7 Å². The molecule has 1 aromatic heterocycles. The Morgan fingerprint density at radius 1 is 0.968 bits per heavy atom. The van der Waals surface area contributed by atoms with Gasteiger partial charge >= 0.3 is 0 Å².